The number of nitrogens with one attached hydrogen (secondary N) is 2. The van der Waals surface area contributed by atoms with Gasteiger partial charge in [-0.25, -0.2) is 0 Å². The van der Waals surface area contributed by atoms with E-state index in [9.17, 15) is 9.59 Å². The highest BCUT2D eigenvalue weighted by atomic mass is 79.9. The molecular weight excluding hydrogens is 634 g/mol. The van der Waals surface area contributed by atoms with Crippen molar-refractivity contribution >= 4 is 67.7 Å². The Hall–Kier alpha value is -2.94. The lowest BCUT2D eigenvalue weighted by Gasteiger charge is -2.11. The van der Waals surface area contributed by atoms with Crippen molar-refractivity contribution in [2.75, 3.05) is 23.4 Å². The number of halogens is 1. The lowest BCUT2D eigenvalue weighted by Crippen LogP contribution is -2.24. The van der Waals surface area contributed by atoms with Gasteiger partial charge in [-0.15, -0.1) is 20.4 Å². The van der Waals surface area contributed by atoms with E-state index < -0.39 is 0 Å². The predicted molar refractivity (Wildman–Crippen MR) is 163 cm³/mol. The summed E-state index contributed by atoms with van der Waals surface area (Å²) in [6.45, 7) is 4.93. The molecule has 0 aliphatic heterocycles. The van der Waals surface area contributed by atoms with Crippen LogP contribution in [0.2, 0.25) is 0 Å². The van der Waals surface area contributed by atoms with Crippen LogP contribution in [0.5, 0.6) is 5.75 Å². The van der Waals surface area contributed by atoms with E-state index in [-0.39, 0.29) is 24.1 Å². The van der Waals surface area contributed by atoms with Crippen molar-refractivity contribution in [1.82, 2.24) is 30.3 Å². The van der Waals surface area contributed by atoms with Gasteiger partial charge in [0.05, 0.1) is 18.9 Å². The van der Waals surface area contributed by atoms with Gasteiger partial charge >= 0.3 is 0 Å². The molecule has 0 spiro atoms. The number of rotatable bonds is 14. The third-order valence-electron chi connectivity index (χ3n) is 5.33. The number of hydrogen-bond acceptors (Lipinski definition) is 10. The molecule has 2 aromatic heterocycles. The molecule has 0 unspecified atom stereocenters. The van der Waals surface area contributed by atoms with Crippen LogP contribution in [0.15, 0.2) is 62.5 Å². The Labute approximate surface area is 253 Å². The molecule has 0 radical (unpaired) electrons. The van der Waals surface area contributed by atoms with Gasteiger partial charge in [-0.05, 0) is 60.7 Å². The van der Waals surface area contributed by atoms with Gasteiger partial charge in [-0.1, -0.05) is 71.1 Å². The smallest absolute Gasteiger partial charge is 0.251 e. The Morgan fingerprint density at radius 1 is 1.00 bits per heavy atom. The molecule has 210 valence electrons. The summed E-state index contributed by atoms with van der Waals surface area (Å²) in [5, 5.41) is 23.4. The SMILES string of the molecule is CCCCOc1ccc(C(=O)NCc2nnc(SCC(=O)Nc3nnc(SCC)s3)n2-c2ccc(Br)cc2)cc1. The molecule has 10 nitrogen and oxygen atoms in total. The molecule has 2 N–H and O–H groups in total. The number of nitrogens with zero attached hydrogens (tertiary/aromatic N) is 5. The Bertz CT molecular complexity index is 1410. The maximum absolute atomic E-state index is 12.8. The van der Waals surface area contributed by atoms with Crippen LogP contribution < -0.4 is 15.4 Å². The number of unbranched alkanes of at least 4 members (excludes halogenated alkanes) is 1. The molecular formula is C26H28BrN7O3S3. The number of anilines is 1. The minimum Gasteiger partial charge on any atom is -0.494 e. The fraction of sp³-hybridized carbons (Fsp3) is 0.308. The largest absolute Gasteiger partial charge is 0.494 e. The van der Waals surface area contributed by atoms with E-state index in [1.807, 2.05) is 35.8 Å². The molecule has 2 amide bonds. The van der Waals surface area contributed by atoms with E-state index in [1.54, 1.807) is 36.0 Å². The first kappa shape index (κ1) is 30.0. The predicted octanol–water partition coefficient (Wildman–Crippen LogP) is 5.83. The second kappa shape index (κ2) is 15.2. The number of amides is 2. The maximum Gasteiger partial charge on any atom is 0.251 e. The average molecular weight is 663 g/mol. The first-order valence-electron chi connectivity index (χ1n) is 12.6. The van der Waals surface area contributed by atoms with Crippen LogP contribution in [0.1, 0.15) is 42.9 Å². The first-order valence-corrected chi connectivity index (χ1v) is 16.1. The normalized spacial score (nSPS) is 10.9. The Morgan fingerprint density at radius 3 is 2.50 bits per heavy atom. The van der Waals surface area contributed by atoms with Crippen LogP contribution in [-0.2, 0) is 11.3 Å². The third-order valence-corrected chi connectivity index (χ3v) is 8.64. The van der Waals surface area contributed by atoms with Crippen LogP contribution in [0.3, 0.4) is 0 Å². The van der Waals surface area contributed by atoms with Crippen molar-refractivity contribution in [3.05, 3.63) is 64.4 Å². The van der Waals surface area contributed by atoms with Crippen LogP contribution in [0, 0.1) is 0 Å². The lowest BCUT2D eigenvalue weighted by atomic mass is 10.2. The number of carbonyl (C=O) groups is 2. The van der Waals surface area contributed by atoms with Gasteiger partial charge in [0.25, 0.3) is 5.91 Å². The quantitative estimate of drug-likeness (QED) is 0.0975. The van der Waals surface area contributed by atoms with Crippen molar-refractivity contribution in [3.63, 3.8) is 0 Å². The Kier molecular flexibility index (Phi) is 11.4. The van der Waals surface area contributed by atoms with Crippen molar-refractivity contribution in [2.45, 2.75) is 42.7 Å². The summed E-state index contributed by atoms with van der Waals surface area (Å²) in [5.74, 6) is 1.78. The zero-order chi connectivity index (χ0) is 28.3. The van der Waals surface area contributed by atoms with E-state index in [1.165, 1.54) is 23.1 Å². The van der Waals surface area contributed by atoms with Gasteiger partial charge in [0.2, 0.25) is 11.0 Å². The highest BCUT2D eigenvalue weighted by Gasteiger charge is 2.18. The molecule has 4 rings (SSSR count). The molecule has 4 aromatic rings. The zero-order valence-electron chi connectivity index (χ0n) is 21.9. The summed E-state index contributed by atoms with van der Waals surface area (Å²) >= 11 is 7.62. The highest BCUT2D eigenvalue weighted by molar-refractivity contribution is 9.10. The first-order chi connectivity index (χ1) is 19.5. The lowest BCUT2D eigenvalue weighted by molar-refractivity contribution is -0.113. The molecule has 2 aromatic carbocycles. The summed E-state index contributed by atoms with van der Waals surface area (Å²) in [5.41, 5.74) is 1.32. The Balaban J connectivity index is 1.42. The van der Waals surface area contributed by atoms with Crippen molar-refractivity contribution in [2.24, 2.45) is 0 Å². The van der Waals surface area contributed by atoms with E-state index in [4.69, 9.17) is 4.74 Å². The molecule has 14 heteroatoms. The van der Waals surface area contributed by atoms with Crippen LogP contribution >= 0.6 is 50.8 Å². The number of thioether (sulfide) groups is 2. The average Bonchev–Trinajstić information content (AvgIpc) is 3.58. The van der Waals surface area contributed by atoms with Gasteiger partial charge < -0.3 is 10.1 Å². The molecule has 0 atom stereocenters. The molecule has 0 saturated carbocycles. The van der Waals surface area contributed by atoms with E-state index >= 15 is 0 Å². The second-order valence-electron chi connectivity index (χ2n) is 8.26. The molecule has 0 fully saturated rings. The molecule has 40 heavy (non-hydrogen) atoms. The van der Waals surface area contributed by atoms with Gasteiger partial charge in [0, 0.05) is 15.7 Å². The molecule has 0 bridgehead atoms. The molecule has 0 aliphatic carbocycles. The molecule has 0 aliphatic rings. The Morgan fingerprint density at radius 2 is 1.77 bits per heavy atom. The number of benzene rings is 2. The third kappa shape index (κ3) is 8.53. The van der Waals surface area contributed by atoms with Crippen LogP contribution in [-0.4, -0.2) is 54.9 Å². The van der Waals surface area contributed by atoms with Gasteiger partial charge in [-0.3, -0.25) is 19.5 Å². The van der Waals surface area contributed by atoms with Gasteiger partial charge in [-0.2, -0.15) is 0 Å². The summed E-state index contributed by atoms with van der Waals surface area (Å²) in [6.07, 6.45) is 2.04. The van der Waals surface area contributed by atoms with E-state index in [0.717, 1.165) is 38.8 Å². The van der Waals surface area contributed by atoms with Crippen LogP contribution in [0.25, 0.3) is 5.69 Å². The van der Waals surface area contributed by atoms with Crippen molar-refractivity contribution < 1.29 is 14.3 Å². The van der Waals surface area contributed by atoms with Crippen molar-refractivity contribution in [1.29, 1.82) is 0 Å². The van der Waals surface area contributed by atoms with Crippen molar-refractivity contribution in [3.8, 4) is 11.4 Å². The maximum atomic E-state index is 12.8. The molecule has 2 heterocycles. The number of ether oxygens (including phenoxy) is 1. The van der Waals surface area contributed by atoms with Gasteiger partial charge in [0.15, 0.2) is 15.3 Å². The summed E-state index contributed by atoms with van der Waals surface area (Å²) in [7, 11) is 0. The minimum absolute atomic E-state index is 0.101. The van der Waals surface area contributed by atoms with Gasteiger partial charge in [0.1, 0.15) is 5.75 Å². The summed E-state index contributed by atoms with van der Waals surface area (Å²) < 4.78 is 9.24. The minimum atomic E-state index is -0.239. The number of aromatic nitrogens is 5. The molecule has 0 saturated heterocycles. The second-order valence-corrected chi connectivity index (χ2v) is 12.6. The fourth-order valence-electron chi connectivity index (χ4n) is 3.38. The number of hydrogen-bond donors (Lipinski definition) is 2. The zero-order valence-corrected chi connectivity index (χ0v) is 26.0. The van der Waals surface area contributed by atoms with E-state index in [0.29, 0.717) is 28.3 Å². The van der Waals surface area contributed by atoms with E-state index in [2.05, 4.69) is 53.9 Å². The van der Waals surface area contributed by atoms with Crippen LogP contribution in [0.4, 0.5) is 5.13 Å². The monoisotopic (exact) mass is 661 g/mol. The fourth-order valence-corrected chi connectivity index (χ4v) is 6.08. The standard InChI is InChI=1S/C26H28BrN7O3S3/c1-3-5-14-37-20-12-6-17(7-13-20)23(36)28-15-21-30-32-25(34(21)19-10-8-18(27)9-11-19)39-16-22(35)29-24-31-33-26(40-24)38-4-2/h6-13H,3-5,14-16H2,1-2H3,(H,28,36)(H,29,31,35). The topological polar surface area (TPSA) is 124 Å². The highest BCUT2D eigenvalue weighted by Crippen LogP contribution is 2.26. The summed E-state index contributed by atoms with van der Waals surface area (Å²) in [6, 6.07) is 14.7. The summed E-state index contributed by atoms with van der Waals surface area (Å²) in [4.78, 5) is 25.4. The number of carbonyl (C=O) groups excluding carboxylic acids is 2.